The van der Waals surface area contributed by atoms with Gasteiger partial charge in [-0.15, -0.1) is 0 Å². The van der Waals surface area contributed by atoms with Crippen LogP contribution in [0.15, 0.2) is 0 Å². The highest BCUT2D eigenvalue weighted by atomic mass is 31.2. The summed E-state index contributed by atoms with van der Waals surface area (Å²) in [5, 5.41) is 0. The van der Waals surface area contributed by atoms with Gasteiger partial charge in [0.05, 0.1) is 6.10 Å². The maximum absolute atomic E-state index is 9.07. The lowest BCUT2D eigenvalue weighted by Gasteiger charge is -2.18. The molecule has 0 aliphatic carbocycles. The fourth-order valence-electron chi connectivity index (χ4n) is 1.42. The van der Waals surface area contributed by atoms with E-state index in [1.165, 1.54) is 6.66 Å². The Morgan fingerprint density at radius 2 is 2.15 bits per heavy atom. The summed E-state index contributed by atoms with van der Waals surface area (Å²) in [4.78, 5) is 18.1. The highest BCUT2D eigenvalue weighted by Gasteiger charge is 2.37. The number of ether oxygens (including phenoxy) is 1. The van der Waals surface area contributed by atoms with E-state index in [2.05, 4.69) is 0 Å². The van der Waals surface area contributed by atoms with Gasteiger partial charge in [0.15, 0.2) is 0 Å². The zero-order valence-corrected chi connectivity index (χ0v) is 8.78. The lowest BCUT2D eigenvalue weighted by molar-refractivity contribution is -0.0203. The van der Waals surface area contributed by atoms with Gasteiger partial charge in [-0.05, 0) is 19.8 Å². The van der Waals surface area contributed by atoms with E-state index >= 15 is 0 Å². The average Bonchev–Trinajstić information content (AvgIpc) is 2.31. The molecule has 1 heterocycles. The molecule has 1 saturated heterocycles. The van der Waals surface area contributed by atoms with E-state index in [-0.39, 0.29) is 18.4 Å². The number of nitrogens with two attached hydrogens (primary N) is 1. The maximum atomic E-state index is 9.07. The van der Waals surface area contributed by atoms with Crippen LogP contribution >= 0.6 is 7.94 Å². The highest BCUT2D eigenvalue weighted by Crippen LogP contribution is 2.48. The molecule has 0 aromatic heterocycles. The minimum absolute atomic E-state index is 0.117. The summed E-state index contributed by atoms with van der Waals surface area (Å²) in [5.41, 5.74) is 5.53. The van der Waals surface area contributed by atoms with Crippen molar-refractivity contribution in [1.29, 1.82) is 0 Å². The monoisotopic (exact) mass is 210 g/mol. The molecule has 78 valence electrons. The second-order valence-electron chi connectivity index (χ2n) is 3.44. The van der Waals surface area contributed by atoms with Crippen LogP contribution in [-0.4, -0.2) is 34.9 Å². The number of rotatable bonds is 3. The van der Waals surface area contributed by atoms with Crippen molar-refractivity contribution in [2.24, 2.45) is 5.73 Å². The molecule has 5 nitrogen and oxygen atoms in total. The molecule has 0 unspecified atom stereocenters. The Morgan fingerprint density at radius 1 is 1.54 bits per heavy atom. The summed E-state index contributed by atoms with van der Waals surface area (Å²) >= 11 is 0. The smallest absolute Gasteiger partial charge is 0.357 e. The molecular formula is C7H17NO4P+. The first-order chi connectivity index (χ1) is 5.88. The topological polar surface area (TPSA) is 84.9 Å². The van der Waals surface area contributed by atoms with Gasteiger partial charge in [0.25, 0.3) is 0 Å². The highest BCUT2D eigenvalue weighted by molar-refractivity contribution is 7.58. The summed E-state index contributed by atoms with van der Waals surface area (Å²) in [6.07, 6.45) is 0.931. The molecule has 0 radical (unpaired) electrons. The third kappa shape index (κ3) is 3.85. The minimum atomic E-state index is -3.16. The van der Waals surface area contributed by atoms with Crippen molar-refractivity contribution in [2.75, 3.05) is 6.66 Å². The molecule has 1 aliphatic rings. The lowest BCUT2D eigenvalue weighted by Crippen LogP contribution is -2.28. The van der Waals surface area contributed by atoms with Gasteiger partial charge < -0.3 is 10.5 Å². The Morgan fingerprint density at radius 3 is 2.54 bits per heavy atom. The SMILES string of the molecule is C[C@H](O[P+](C)(O)O)[C@@H]1CC[C@H](N)O1. The predicted molar refractivity (Wildman–Crippen MR) is 49.9 cm³/mol. The standard InChI is InChI=1S/C7H17NO4P/c1-5(12-13(2,9)10)6-3-4-7(8)11-6/h5-7,9-10H,3-4,8H2,1-2H3/q+1/t5-,6-,7+/m0/s1. The average molecular weight is 210 g/mol. The molecule has 0 saturated carbocycles. The third-order valence-electron chi connectivity index (χ3n) is 1.97. The van der Waals surface area contributed by atoms with Crippen molar-refractivity contribution < 1.29 is 19.0 Å². The molecule has 1 aliphatic heterocycles. The molecule has 13 heavy (non-hydrogen) atoms. The van der Waals surface area contributed by atoms with Crippen molar-refractivity contribution >= 4 is 7.94 Å². The molecule has 1 rings (SSSR count). The molecular weight excluding hydrogens is 193 g/mol. The fraction of sp³-hybridized carbons (Fsp3) is 1.00. The normalized spacial score (nSPS) is 32.1. The first-order valence-corrected chi connectivity index (χ1v) is 6.36. The molecule has 6 heteroatoms. The van der Waals surface area contributed by atoms with Gasteiger partial charge in [-0.3, -0.25) is 0 Å². The Balaban J connectivity index is 2.36. The van der Waals surface area contributed by atoms with Gasteiger partial charge in [-0.1, -0.05) is 0 Å². The zero-order valence-electron chi connectivity index (χ0n) is 7.88. The predicted octanol–water partition coefficient (Wildman–Crippen LogP) is 0.232. The molecule has 0 aromatic rings. The summed E-state index contributed by atoms with van der Waals surface area (Å²) in [7, 11) is -3.16. The van der Waals surface area contributed by atoms with E-state index in [1.807, 2.05) is 0 Å². The minimum Gasteiger partial charge on any atom is -0.357 e. The van der Waals surface area contributed by atoms with Crippen molar-refractivity contribution in [3.05, 3.63) is 0 Å². The summed E-state index contributed by atoms with van der Waals surface area (Å²) in [6, 6.07) is 0. The second-order valence-corrected chi connectivity index (χ2v) is 5.32. The number of hydrogen-bond acceptors (Lipinski definition) is 5. The van der Waals surface area contributed by atoms with Crippen molar-refractivity contribution in [2.45, 2.75) is 38.2 Å². The zero-order chi connectivity index (χ0) is 10.1. The van der Waals surface area contributed by atoms with Gasteiger partial charge in [0.2, 0.25) is 0 Å². The Hall–Kier alpha value is 0.230. The van der Waals surface area contributed by atoms with Crippen LogP contribution in [0.2, 0.25) is 0 Å². The Bertz CT molecular complexity index is 172. The summed E-state index contributed by atoms with van der Waals surface area (Å²) in [5.74, 6) is 0. The van der Waals surface area contributed by atoms with Crippen LogP contribution < -0.4 is 5.73 Å². The largest absolute Gasteiger partial charge is 0.403 e. The summed E-state index contributed by atoms with van der Waals surface area (Å²) in [6.45, 7) is 3.03. The third-order valence-corrected chi connectivity index (χ3v) is 2.71. The van der Waals surface area contributed by atoms with Crippen molar-refractivity contribution in [3.63, 3.8) is 0 Å². The molecule has 3 atom stereocenters. The van der Waals surface area contributed by atoms with Crippen LogP contribution in [0.25, 0.3) is 0 Å². The van der Waals surface area contributed by atoms with Crippen molar-refractivity contribution in [1.82, 2.24) is 0 Å². The first kappa shape index (κ1) is 11.3. The summed E-state index contributed by atoms with van der Waals surface area (Å²) < 4.78 is 10.3. The maximum Gasteiger partial charge on any atom is 0.403 e. The van der Waals surface area contributed by atoms with Gasteiger partial charge >= 0.3 is 7.94 Å². The quantitative estimate of drug-likeness (QED) is 0.581. The van der Waals surface area contributed by atoms with Crippen LogP contribution in [0.5, 0.6) is 0 Å². The fourth-order valence-corrected chi connectivity index (χ4v) is 2.18. The van der Waals surface area contributed by atoms with Crippen LogP contribution in [0.1, 0.15) is 19.8 Å². The molecule has 1 fully saturated rings. The van der Waals surface area contributed by atoms with E-state index in [4.69, 9.17) is 24.8 Å². The van der Waals surface area contributed by atoms with E-state index in [0.717, 1.165) is 12.8 Å². The van der Waals surface area contributed by atoms with Gasteiger partial charge in [-0.25, -0.2) is 0 Å². The van der Waals surface area contributed by atoms with E-state index in [0.29, 0.717) is 0 Å². The Labute approximate surface area is 78.4 Å². The van der Waals surface area contributed by atoms with Crippen LogP contribution in [0, 0.1) is 0 Å². The van der Waals surface area contributed by atoms with E-state index in [1.54, 1.807) is 6.92 Å². The molecule has 0 spiro atoms. The molecule has 0 aromatic carbocycles. The first-order valence-electron chi connectivity index (χ1n) is 4.30. The number of hydrogen-bond donors (Lipinski definition) is 3. The van der Waals surface area contributed by atoms with Crippen LogP contribution in [0.4, 0.5) is 0 Å². The molecule has 0 bridgehead atoms. The lowest BCUT2D eigenvalue weighted by atomic mass is 10.1. The Kier molecular flexibility index (Phi) is 3.63. The second kappa shape index (κ2) is 4.17. The van der Waals surface area contributed by atoms with Crippen LogP contribution in [0.3, 0.4) is 0 Å². The molecule has 0 amide bonds. The molecule has 4 N–H and O–H groups in total. The van der Waals surface area contributed by atoms with Gasteiger partial charge in [-0.2, -0.15) is 14.3 Å². The van der Waals surface area contributed by atoms with E-state index in [9.17, 15) is 0 Å². The van der Waals surface area contributed by atoms with E-state index < -0.39 is 7.94 Å². The van der Waals surface area contributed by atoms with Crippen LogP contribution in [-0.2, 0) is 9.26 Å². The van der Waals surface area contributed by atoms with Gasteiger partial charge in [0, 0.05) is 0 Å². The van der Waals surface area contributed by atoms with Crippen molar-refractivity contribution in [3.8, 4) is 0 Å². The van der Waals surface area contributed by atoms with Gasteiger partial charge in [0.1, 0.15) is 19.0 Å².